The number of anilines is 1. The molecule has 1 atom stereocenters. The van der Waals surface area contributed by atoms with E-state index in [1.807, 2.05) is 0 Å². The van der Waals surface area contributed by atoms with Gasteiger partial charge in [-0.05, 0) is 55.9 Å². The summed E-state index contributed by atoms with van der Waals surface area (Å²) in [4.78, 5) is 38.1. The summed E-state index contributed by atoms with van der Waals surface area (Å²) in [7, 11) is 0. The molecule has 1 aliphatic carbocycles. The van der Waals surface area contributed by atoms with E-state index in [4.69, 9.17) is 9.47 Å². The number of thiophene rings is 1. The maximum atomic E-state index is 12.5. The first-order valence-corrected chi connectivity index (χ1v) is 10.9. The van der Waals surface area contributed by atoms with E-state index in [-0.39, 0.29) is 17.9 Å². The van der Waals surface area contributed by atoms with E-state index in [9.17, 15) is 23.2 Å². The fourth-order valence-electron chi connectivity index (χ4n) is 3.43. The van der Waals surface area contributed by atoms with Crippen LogP contribution < -0.4 is 10.1 Å². The molecule has 1 amide bonds. The summed E-state index contributed by atoms with van der Waals surface area (Å²) in [5, 5.41) is 3.02. The summed E-state index contributed by atoms with van der Waals surface area (Å²) in [5.41, 5.74) is 1.22. The molecule has 1 aliphatic rings. The number of hydrogen-bond acceptors (Lipinski definition) is 7. The molecule has 0 saturated heterocycles. The Hall–Kier alpha value is -3.01. The zero-order chi connectivity index (χ0) is 23.3. The number of benzene rings is 1. The summed E-state index contributed by atoms with van der Waals surface area (Å²) in [6.45, 7) is 0.406. The molecule has 172 valence electrons. The van der Waals surface area contributed by atoms with Gasteiger partial charge in [-0.1, -0.05) is 13.0 Å². The number of amides is 1. The van der Waals surface area contributed by atoms with E-state index in [2.05, 4.69) is 17.0 Å². The van der Waals surface area contributed by atoms with Gasteiger partial charge in [-0.15, -0.1) is 11.3 Å². The van der Waals surface area contributed by atoms with Crippen molar-refractivity contribution in [3.63, 3.8) is 0 Å². The zero-order valence-electron chi connectivity index (χ0n) is 17.6. The number of carbonyl (C=O) groups excluding carboxylic acids is 3. The largest absolute Gasteiger partial charge is 0.462 e. The number of nitrogens with one attached hydrogen (secondary N) is 1. The average molecular weight is 467 g/mol. The predicted octanol–water partition coefficient (Wildman–Crippen LogP) is 4.45. The van der Waals surface area contributed by atoms with Crippen LogP contribution in [0.25, 0.3) is 0 Å². The van der Waals surface area contributed by atoms with Crippen LogP contribution in [-0.2, 0) is 27.1 Å². The molecule has 0 radical (unpaired) electrons. The number of halogens is 2. The van der Waals surface area contributed by atoms with Crippen LogP contribution in [0.15, 0.2) is 24.3 Å². The van der Waals surface area contributed by atoms with Crippen molar-refractivity contribution in [1.82, 2.24) is 0 Å². The van der Waals surface area contributed by atoms with E-state index in [1.54, 1.807) is 6.92 Å². The van der Waals surface area contributed by atoms with Gasteiger partial charge in [0.2, 0.25) is 0 Å². The van der Waals surface area contributed by atoms with Crippen molar-refractivity contribution in [3.8, 4) is 5.75 Å². The Morgan fingerprint density at radius 2 is 2.00 bits per heavy atom. The average Bonchev–Trinajstić information content (AvgIpc) is 3.08. The number of alkyl halides is 2. The van der Waals surface area contributed by atoms with Crippen molar-refractivity contribution in [3.05, 3.63) is 45.8 Å². The van der Waals surface area contributed by atoms with Gasteiger partial charge >= 0.3 is 18.6 Å². The lowest BCUT2D eigenvalue weighted by Gasteiger charge is -2.18. The lowest BCUT2D eigenvalue weighted by atomic mass is 9.88. The Kier molecular flexibility index (Phi) is 7.79. The number of hydrogen-bond donors (Lipinski definition) is 1. The van der Waals surface area contributed by atoms with Crippen LogP contribution in [0, 0.1) is 5.92 Å². The van der Waals surface area contributed by atoms with Crippen molar-refractivity contribution in [2.75, 3.05) is 18.5 Å². The Morgan fingerprint density at radius 1 is 1.22 bits per heavy atom. The molecular formula is C22H23F2NO6S. The molecule has 0 aliphatic heterocycles. The number of esters is 2. The van der Waals surface area contributed by atoms with Gasteiger partial charge in [-0.2, -0.15) is 8.78 Å². The molecule has 0 bridgehead atoms. The van der Waals surface area contributed by atoms with Gasteiger partial charge in [0.1, 0.15) is 10.8 Å². The van der Waals surface area contributed by atoms with Crippen LogP contribution >= 0.6 is 11.3 Å². The first-order valence-electron chi connectivity index (χ1n) is 10.1. The van der Waals surface area contributed by atoms with Crippen LogP contribution in [0.2, 0.25) is 0 Å². The van der Waals surface area contributed by atoms with Crippen molar-refractivity contribution in [1.29, 1.82) is 0 Å². The second-order valence-corrected chi connectivity index (χ2v) is 8.41. The molecule has 0 fully saturated rings. The van der Waals surface area contributed by atoms with Gasteiger partial charge in [0.05, 0.1) is 17.7 Å². The predicted molar refractivity (Wildman–Crippen MR) is 113 cm³/mol. The Morgan fingerprint density at radius 3 is 2.72 bits per heavy atom. The van der Waals surface area contributed by atoms with Gasteiger partial charge in [-0.3, -0.25) is 4.79 Å². The molecule has 10 heteroatoms. The monoisotopic (exact) mass is 467 g/mol. The third-order valence-corrected chi connectivity index (χ3v) is 6.04. The Balaban J connectivity index is 1.67. The molecule has 1 N–H and O–H groups in total. The van der Waals surface area contributed by atoms with E-state index < -0.39 is 31.1 Å². The van der Waals surface area contributed by atoms with Crippen molar-refractivity contribution >= 4 is 34.2 Å². The molecule has 7 nitrogen and oxygen atoms in total. The van der Waals surface area contributed by atoms with Crippen LogP contribution in [0.3, 0.4) is 0 Å². The maximum Gasteiger partial charge on any atom is 0.387 e. The second-order valence-electron chi connectivity index (χ2n) is 7.31. The minimum atomic E-state index is -3.03. The normalized spacial score (nSPS) is 15.1. The SMILES string of the molecule is CCOC(=O)c1c(NC(=O)COC(=O)c2cccc(OC(F)F)c2)sc2c1CCC(C)C2. The Bertz CT molecular complexity index is 1010. The summed E-state index contributed by atoms with van der Waals surface area (Å²) >= 11 is 1.33. The minimum absolute atomic E-state index is 0.0382. The quantitative estimate of drug-likeness (QED) is 0.577. The fraction of sp³-hybridized carbons (Fsp3) is 0.409. The molecule has 0 spiro atoms. The highest BCUT2D eigenvalue weighted by Gasteiger charge is 2.29. The van der Waals surface area contributed by atoms with Crippen LogP contribution in [0.4, 0.5) is 13.8 Å². The zero-order valence-corrected chi connectivity index (χ0v) is 18.4. The number of ether oxygens (including phenoxy) is 3. The van der Waals surface area contributed by atoms with Gasteiger partial charge in [0.25, 0.3) is 5.91 Å². The maximum absolute atomic E-state index is 12.5. The van der Waals surface area contributed by atoms with Crippen LogP contribution in [0.1, 0.15) is 51.4 Å². The smallest absolute Gasteiger partial charge is 0.387 e. The van der Waals surface area contributed by atoms with Gasteiger partial charge in [-0.25, -0.2) is 9.59 Å². The molecule has 3 rings (SSSR count). The van der Waals surface area contributed by atoms with E-state index >= 15 is 0 Å². The first-order chi connectivity index (χ1) is 15.3. The summed E-state index contributed by atoms with van der Waals surface area (Å²) < 4.78 is 39.1. The minimum Gasteiger partial charge on any atom is -0.462 e. The number of fused-ring (bicyclic) bond motifs is 1. The third kappa shape index (κ3) is 5.82. The highest BCUT2D eigenvalue weighted by atomic mass is 32.1. The molecule has 1 aromatic carbocycles. The van der Waals surface area contributed by atoms with E-state index in [0.717, 1.165) is 35.8 Å². The molecule has 1 aromatic heterocycles. The third-order valence-electron chi connectivity index (χ3n) is 4.87. The summed E-state index contributed by atoms with van der Waals surface area (Å²) in [6.07, 6.45) is 2.48. The summed E-state index contributed by atoms with van der Waals surface area (Å²) in [5.74, 6) is -1.72. The van der Waals surface area contributed by atoms with E-state index in [1.165, 1.54) is 29.5 Å². The molecule has 2 aromatic rings. The van der Waals surface area contributed by atoms with Gasteiger partial charge in [0, 0.05) is 4.88 Å². The lowest BCUT2D eigenvalue weighted by molar-refractivity contribution is -0.119. The van der Waals surface area contributed by atoms with Crippen LogP contribution in [-0.4, -0.2) is 37.7 Å². The first kappa shape index (κ1) is 23.6. The molecular weight excluding hydrogens is 444 g/mol. The van der Waals surface area contributed by atoms with Gasteiger partial charge < -0.3 is 19.5 Å². The standard InChI is InChI=1S/C22H23F2NO6S/c1-3-29-21(28)18-15-8-7-12(2)9-16(15)32-19(18)25-17(26)11-30-20(27)13-5-4-6-14(10-13)31-22(23)24/h4-6,10,12,22H,3,7-9,11H2,1-2H3,(H,25,26). The second kappa shape index (κ2) is 10.5. The van der Waals surface area contributed by atoms with E-state index in [0.29, 0.717) is 16.5 Å². The van der Waals surface area contributed by atoms with Gasteiger partial charge in [0.15, 0.2) is 6.61 Å². The molecule has 32 heavy (non-hydrogen) atoms. The number of rotatable bonds is 8. The molecule has 1 heterocycles. The van der Waals surface area contributed by atoms with Crippen LogP contribution in [0.5, 0.6) is 5.75 Å². The molecule has 1 unspecified atom stereocenters. The highest BCUT2D eigenvalue weighted by Crippen LogP contribution is 2.40. The molecule has 0 saturated carbocycles. The summed E-state index contributed by atoms with van der Waals surface area (Å²) in [6, 6.07) is 5.08. The fourth-order valence-corrected chi connectivity index (χ4v) is 4.85. The lowest BCUT2D eigenvalue weighted by Crippen LogP contribution is -2.22. The highest BCUT2D eigenvalue weighted by molar-refractivity contribution is 7.17. The van der Waals surface area contributed by atoms with Crippen molar-refractivity contribution in [2.45, 2.75) is 39.7 Å². The Labute approximate surface area is 187 Å². The van der Waals surface area contributed by atoms with Crippen molar-refractivity contribution in [2.24, 2.45) is 5.92 Å². The number of carbonyl (C=O) groups is 3. The van der Waals surface area contributed by atoms with Crippen molar-refractivity contribution < 1.29 is 37.4 Å². The topological polar surface area (TPSA) is 90.9 Å².